The zero-order valence-corrected chi connectivity index (χ0v) is 29.6. The highest BCUT2D eigenvalue weighted by molar-refractivity contribution is 6.50. The standard InChI is InChI=1S/C37H77N.BF4/c1-4-6-8-10-12-14-16-18-20-22-24-26-28-30-32-34-36-38(3)37-35-33-31-29-27-25-23-21-19-17-15-13-11-9-7-5-2;2-1(3,4)5/h4-37H2,1-3H3;/q;-1/p+1. The molecule has 1 nitrogen and oxygen atoms in total. The molecule has 0 radical (unpaired) electrons. The van der Waals surface area contributed by atoms with Gasteiger partial charge in [0.15, 0.2) is 0 Å². The Balaban J connectivity index is 0. The number of quaternary nitrogens is 1. The van der Waals surface area contributed by atoms with E-state index in [-0.39, 0.29) is 0 Å². The predicted octanol–water partition coefficient (Wildman–Crippen LogP) is 13.3. The molecule has 0 aliphatic heterocycles. The molecule has 0 aromatic carbocycles. The van der Waals surface area contributed by atoms with Crippen LogP contribution in [0, 0.1) is 0 Å². The summed E-state index contributed by atoms with van der Waals surface area (Å²) in [4.78, 5) is 1.78. The molecule has 0 bridgehead atoms. The molecule has 0 heterocycles. The minimum Gasteiger partial charge on any atom is -0.418 e. The van der Waals surface area contributed by atoms with Crippen LogP contribution in [0.1, 0.15) is 219 Å². The van der Waals surface area contributed by atoms with Gasteiger partial charge in [0.2, 0.25) is 0 Å². The summed E-state index contributed by atoms with van der Waals surface area (Å²) in [7, 11) is -3.57. The maximum absolute atomic E-state index is 9.75. The number of rotatable bonds is 34. The fourth-order valence-corrected chi connectivity index (χ4v) is 6.07. The molecule has 0 aromatic heterocycles. The summed E-state index contributed by atoms with van der Waals surface area (Å²) >= 11 is 0. The van der Waals surface area contributed by atoms with Gasteiger partial charge in [-0.2, -0.15) is 0 Å². The van der Waals surface area contributed by atoms with E-state index in [1.165, 1.54) is 219 Å². The van der Waals surface area contributed by atoms with Crippen molar-refractivity contribution in [2.24, 2.45) is 0 Å². The molecule has 0 aliphatic carbocycles. The third-order valence-electron chi connectivity index (χ3n) is 8.91. The molecule has 262 valence electrons. The number of halogens is 4. The van der Waals surface area contributed by atoms with Crippen LogP contribution in [0.5, 0.6) is 0 Å². The maximum atomic E-state index is 9.75. The third kappa shape index (κ3) is 51.6. The highest BCUT2D eigenvalue weighted by atomic mass is 19.5. The molecule has 1 N–H and O–H groups in total. The van der Waals surface area contributed by atoms with Crippen molar-refractivity contribution in [3.05, 3.63) is 0 Å². The largest absolute Gasteiger partial charge is 0.673 e. The van der Waals surface area contributed by atoms with Crippen LogP contribution in [0.25, 0.3) is 0 Å². The Kier molecular flexibility index (Phi) is 39.6. The van der Waals surface area contributed by atoms with Crippen molar-refractivity contribution >= 4 is 7.25 Å². The summed E-state index contributed by atoms with van der Waals surface area (Å²) in [6.45, 7) is 7.42. The molecule has 0 aliphatic rings. The van der Waals surface area contributed by atoms with Crippen molar-refractivity contribution in [3.8, 4) is 0 Å². The van der Waals surface area contributed by atoms with Crippen LogP contribution < -0.4 is 4.90 Å². The van der Waals surface area contributed by atoms with Crippen LogP contribution in [-0.4, -0.2) is 27.4 Å². The zero-order chi connectivity index (χ0) is 32.1. The van der Waals surface area contributed by atoms with E-state index in [9.17, 15) is 17.3 Å². The molecule has 0 aromatic rings. The average molecular weight is 624 g/mol. The van der Waals surface area contributed by atoms with E-state index in [1.54, 1.807) is 4.90 Å². The van der Waals surface area contributed by atoms with Crippen molar-refractivity contribution in [2.45, 2.75) is 219 Å². The fourth-order valence-electron chi connectivity index (χ4n) is 6.07. The van der Waals surface area contributed by atoms with Gasteiger partial charge < -0.3 is 22.2 Å². The lowest BCUT2D eigenvalue weighted by atomic mass is 10.0. The molecule has 0 spiro atoms. The van der Waals surface area contributed by atoms with Crippen LogP contribution in [0.4, 0.5) is 17.3 Å². The Morgan fingerprint density at radius 1 is 0.302 bits per heavy atom. The van der Waals surface area contributed by atoms with Crippen LogP contribution in [-0.2, 0) is 0 Å². The number of hydrogen-bond donors (Lipinski definition) is 1. The zero-order valence-electron chi connectivity index (χ0n) is 29.6. The first-order chi connectivity index (χ1) is 20.8. The SMILES string of the molecule is CCCCCCCCCCCCCCCCCC[NH+](C)CCCCCCCCCCCCCCCCCC.F[B-](F)(F)F. The Morgan fingerprint density at radius 3 is 0.605 bits per heavy atom. The first kappa shape index (κ1) is 44.9. The second kappa shape index (κ2) is 37.9. The number of nitrogens with one attached hydrogen (secondary N) is 1. The van der Waals surface area contributed by atoms with Crippen LogP contribution in [0.2, 0.25) is 0 Å². The maximum Gasteiger partial charge on any atom is 0.673 e. The Hall–Kier alpha value is -0.255. The van der Waals surface area contributed by atoms with E-state index < -0.39 is 7.25 Å². The van der Waals surface area contributed by atoms with E-state index in [2.05, 4.69) is 20.9 Å². The van der Waals surface area contributed by atoms with E-state index >= 15 is 0 Å². The van der Waals surface area contributed by atoms with Crippen molar-refractivity contribution in [3.63, 3.8) is 0 Å². The first-order valence-corrected chi connectivity index (χ1v) is 19.5. The number of unbranched alkanes of at least 4 members (excludes halogenated alkanes) is 30. The quantitative estimate of drug-likeness (QED) is 0.0413. The molecule has 0 saturated heterocycles. The van der Waals surface area contributed by atoms with Crippen LogP contribution in [0.15, 0.2) is 0 Å². The van der Waals surface area contributed by atoms with Crippen molar-refractivity contribution in [1.82, 2.24) is 0 Å². The molecular weight excluding hydrogens is 545 g/mol. The van der Waals surface area contributed by atoms with Crippen LogP contribution >= 0.6 is 0 Å². The van der Waals surface area contributed by atoms with Gasteiger partial charge in [-0.15, -0.1) is 0 Å². The molecule has 0 saturated carbocycles. The minimum atomic E-state index is -6.00. The van der Waals surface area contributed by atoms with E-state index in [4.69, 9.17) is 0 Å². The molecule has 6 heteroatoms. The summed E-state index contributed by atoms with van der Waals surface area (Å²) in [6, 6.07) is 0. The van der Waals surface area contributed by atoms with Crippen molar-refractivity contribution < 1.29 is 22.2 Å². The highest BCUT2D eigenvalue weighted by Crippen LogP contribution is 2.15. The third-order valence-corrected chi connectivity index (χ3v) is 8.91. The van der Waals surface area contributed by atoms with Gasteiger partial charge in [0.05, 0.1) is 20.1 Å². The minimum absolute atomic E-state index is 1.37. The molecule has 0 rings (SSSR count). The number of hydrogen-bond acceptors (Lipinski definition) is 0. The molecule has 0 atom stereocenters. The van der Waals surface area contributed by atoms with E-state index in [0.717, 1.165) is 0 Å². The van der Waals surface area contributed by atoms with Gasteiger partial charge >= 0.3 is 7.25 Å². The van der Waals surface area contributed by atoms with Crippen molar-refractivity contribution in [2.75, 3.05) is 20.1 Å². The van der Waals surface area contributed by atoms with Gasteiger partial charge in [0.25, 0.3) is 0 Å². The van der Waals surface area contributed by atoms with Gasteiger partial charge in [0, 0.05) is 0 Å². The fraction of sp³-hybridized carbons (Fsp3) is 1.00. The summed E-state index contributed by atoms with van der Waals surface area (Å²) in [5, 5.41) is 0. The van der Waals surface area contributed by atoms with E-state index in [0.29, 0.717) is 0 Å². The first-order valence-electron chi connectivity index (χ1n) is 19.5. The predicted molar refractivity (Wildman–Crippen MR) is 186 cm³/mol. The molecule has 0 fully saturated rings. The topological polar surface area (TPSA) is 4.44 Å². The van der Waals surface area contributed by atoms with Crippen molar-refractivity contribution in [1.29, 1.82) is 0 Å². The smallest absolute Gasteiger partial charge is 0.418 e. The van der Waals surface area contributed by atoms with Gasteiger partial charge in [-0.3, -0.25) is 0 Å². The molecule has 0 amide bonds. The lowest BCUT2D eigenvalue weighted by molar-refractivity contribution is -0.880. The second-order valence-corrected chi connectivity index (χ2v) is 13.6. The monoisotopic (exact) mass is 624 g/mol. The van der Waals surface area contributed by atoms with Gasteiger partial charge in [0.1, 0.15) is 0 Å². The van der Waals surface area contributed by atoms with Gasteiger partial charge in [-0.1, -0.05) is 194 Å². The lowest BCUT2D eigenvalue weighted by Crippen LogP contribution is -3.09. The van der Waals surface area contributed by atoms with Gasteiger partial charge in [-0.05, 0) is 25.7 Å². The molecular formula is C37H78BF4N. The Morgan fingerprint density at radius 2 is 0.442 bits per heavy atom. The summed E-state index contributed by atoms with van der Waals surface area (Å²) in [5.74, 6) is 0. The Bertz CT molecular complexity index is 448. The molecule has 43 heavy (non-hydrogen) atoms. The summed E-state index contributed by atoms with van der Waals surface area (Å²) in [5.41, 5.74) is 0. The lowest BCUT2D eigenvalue weighted by Gasteiger charge is -2.13. The van der Waals surface area contributed by atoms with E-state index in [1.807, 2.05) is 0 Å². The van der Waals surface area contributed by atoms with Gasteiger partial charge in [-0.25, -0.2) is 0 Å². The second-order valence-electron chi connectivity index (χ2n) is 13.6. The Labute approximate surface area is 268 Å². The average Bonchev–Trinajstić information content (AvgIpc) is 2.96. The summed E-state index contributed by atoms with van der Waals surface area (Å²) in [6.07, 6.45) is 47.0. The molecule has 0 unspecified atom stereocenters. The van der Waals surface area contributed by atoms with Crippen LogP contribution in [0.3, 0.4) is 0 Å². The summed E-state index contributed by atoms with van der Waals surface area (Å²) < 4.78 is 39.0. The normalized spacial score (nSPS) is 11.7. The highest BCUT2D eigenvalue weighted by Gasteiger charge is 2.20.